The number of halogens is 1. The highest BCUT2D eigenvalue weighted by molar-refractivity contribution is 9.09. The summed E-state index contributed by atoms with van der Waals surface area (Å²) in [5.74, 6) is 0.104. The molecule has 4 heteroatoms. The molecule has 72 valence electrons. The van der Waals surface area contributed by atoms with Crippen LogP contribution < -0.4 is 5.32 Å². The smallest absolute Gasteiger partial charge is 0.219 e. The summed E-state index contributed by atoms with van der Waals surface area (Å²) in [5, 5.41) is 2.80. The average molecular weight is 238 g/mol. The van der Waals surface area contributed by atoms with Crippen molar-refractivity contribution in [2.45, 2.75) is 24.6 Å². The number of ether oxygens (including phenoxy) is 1. The Bertz CT molecular complexity index is 130. The lowest BCUT2D eigenvalue weighted by Crippen LogP contribution is -2.25. The standard InChI is InChI=1S/C8H16BrNO2/c1-3-8(11)10-5-4-7(9)6-12-2/h7H,3-6H2,1-2H3,(H,10,11). The van der Waals surface area contributed by atoms with Crippen LogP contribution in [-0.2, 0) is 9.53 Å². The summed E-state index contributed by atoms with van der Waals surface area (Å²) in [6.45, 7) is 3.24. The van der Waals surface area contributed by atoms with E-state index in [-0.39, 0.29) is 5.91 Å². The molecule has 0 aliphatic heterocycles. The van der Waals surface area contributed by atoms with E-state index < -0.39 is 0 Å². The van der Waals surface area contributed by atoms with Crippen molar-refractivity contribution in [1.29, 1.82) is 0 Å². The Kier molecular flexibility index (Phi) is 7.50. The van der Waals surface area contributed by atoms with Crippen molar-refractivity contribution < 1.29 is 9.53 Å². The summed E-state index contributed by atoms with van der Waals surface area (Å²) in [5.41, 5.74) is 0. The molecule has 1 atom stereocenters. The van der Waals surface area contributed by atoms with Gasteiger partial charge in [0, 0.05) is 24.9 Å². The van der Waals surface area contributed by atoms with Crippen LogP contribution in [0.5, 0.6) is 0 Å². The monoisotopic (exact) mass is 237 g/mol. The highest BCUT2D eigenvalue weighted by atomic mass is 79.9. The molecule has 0 saturated heterocycles. The van der Waals surface area contributed by atoms with Gasteiger partial charge < -0.3 is 10.1 Å². The molecule has 1 amide bonds. The molecule has 0 aliphatic carbocycles. The maximum atomic E-state index is 10.8. The molecule has 0 aromatic carbocycles. The number of hydrogen-bond acceptors (Lipinski definition) is 2. The summed E-state index contributed by atoms with van der Waals surface area (Å²) in [6, 6.07) is 0. The normalized spacial score (nSPS) is 12.6. The van der Waals surface area contributed by atoms with Crippen molar-refractivity contribution in [3.8, 4) is 0 Å². The fraction of sp³-hybridized carbons (Fsp3) is 0.875. The molecule has 3 nitrogen and oxygen atoms in total. The van der Waals surface area contributed by atoms with Crippen molar-refractivity contribution in [3.05, 3.63) is 0 Å². The van der Waals surface area contributed by atoms with Crippen molar-refractivity contribution in [3.63, 3.8) is 0 Å². The number of amides is 1. The fourth-order valence-corrected chi connectivity index (χ4v) is 1.25. The third kappa shape index (κ3) is 6.61. The summed E-state index contributed by atoms with van der Waals surface area (Å²) in [6.07, 6.45) is 1.46. The number of nitrogens with one attached hydrogen (secondary N) is 1. The predicted octanol–water partition coefficient (Wildman–Crippen LogP) is 1.31. The second-order valence-electron chi connectivity index (χ2n) is 2.54. The molecule has 0 aliphatic rings. The van der Waals surface area contributed by atoms with E-state index in [0.29, 0.717) is 24.4 Å². The molecule has 0 rings (SSSR count). The molecule has 1 unspecified atom stereocenters. The van der Waals surface area contributed by atoms with Crippen LogP contribution in [0.15, 0.2) is 0 Å². The van der Waals surface area contributed by atoms with Crippen LogP contribution in [0.2, 0.25) is 0 Å². The Hall–Kier alpha value is -0.0900. The summed E-state index contributed by atoms with van der Waals surface area (Å²) < 4.78 is 4.93. The Morgan fingerprint density at radius 3 is 2.83 bits per heavy atom. The predicted molar refractivity (Wildman–Crippen MR) is 52.5 cm³/mol. The van der Waals surface area contributed by atoms with Gasteiger partial charge in [0.15, 0.2) is 0 Å². The Balaban J connectivity index is 3.24. The van der Waals surface area contributed by atoms with E-state index in [4.69, 9.17) is 4.74 Å². The summed E-state index contributed by atoms with van der Waals surface area (Å²) in [4.78, 5) is 11.1. The summed E-state index contributed by atoms with van der Waals surface area (Å²) >= 11 is 3.43. The third-order valence-electron chi connectivity index (χ3n) is 1.45. The number of rotatable bonds is 6. The zero-order valence-electron chi connectivity index (χ0n) is 7.60. The quantitative estimate of drug-likeness (QED) is 0.708. The lowest BCUT2D eigenvalue weighted by Gasteiger charge is -2.08. The maximum absolute atomic E-state index is 10.8. The number of carbonyl (C=O) groups is 1. The van der Waals surface area contributed by atoms with E-state index in [1.807, 2.05) is 6.92 Å². The van der Waals surface area contributed by atoms with Crippen LogP contribution >= 0.6 is 15.9 Å². The highest BCUT2D eigenvalue weighted by Crippen LogP contribution is 2.03. The van der Waals surface area contributed by atoms with Gasteiger partial charge in [0.05, 0.1) is 6.61 Å². The minimum Gasteiger partial charge on any atom is -0.384 e. The SMILES string of the molecule is CCC(=O)NCCC(Br)COC. The van der Waals surface area contributed by atoms with Crippen LogP contribution in [0.4, 0.5) is 0 Å². The largest absolute Gasteiger partial charge is 0.384 e. The third-order valence-corrected chi connectivity index (χ3v) is 2.17. The number of hydrogen-bond donors (Lipinski definition) is 1. The van der Waals surface area contributed by atoms with Gasteiger partial charge in [-0.15, -0.1) is 0 Å². The van der Waals surface area contributed by atoms with E-state index in [1.165, 1.54) is 0 Å². The molecule has 1 N–H and O–H groups in total. The lowest BCUT2D eigenvalue weighted by molar-refractivity contribution is -0.120. The lowest BCUT2D eigenvalue weighted by atomic mass is 10.3. The van der Waals surface area contributed by atoms with Crippen molar-refractivity contribution >= 4 is 21.8 Å². The van der Waals surface area contributed by atoms with Crippen LogP contribution in [0.25, 0.3) is 0 Å². The Labute approximate surface area is 82.0 Å². The first kappa shape index (κ1) is 11.9. The Morgan fingerprint density at radius 2 is 2.33 bits per heavy atom. The molecule has 0 fully saturated rings. The first-order valence-electron chi connectivity index (χ1n) is 4.10. The van der Waals surface area contributed by atoms with Gasteiger partial charge in [0.1, 0.15) is 0 Å². The molecule has 0 radical (unpaired) electrons. The molecule has 0 bridgehead atoms. The van der Waals surface area contributed by atoms with Crippen molar-refractivity contribution in [1.82, 2.24) is 5.32 Å². The zero-order valence-corrected chi connectivity index (χ0v) is 9.19. The van der Waals surface area contributed by atoms with Crippen LogP contribution in [-0.4, -0.2) is 31.0 Å². The zero-order chi connectivity index (χ0) is 9.40. The van der Waals surface area contributed by atoms with Gasteiger partial charge in [-0.05, 0) is 6.42 Å². The first-order chi connectivity index (χ1) is 5.70. The molecule has 0 aromatic rings. The van der Waals surface area contributed by atoms with Gasteiger partial charge in [-0.1, -0.05) is 22.9 Å². The maximum Gasteiger partial charge on any atom is 0.219 e. The molecule has 0 heterocycles. The van der Waals surface area contributed by atoms with E-state index >= 15 is 0 Å². The Morgan fingerprint density at radius 1 is 1.67 bits per heavy atom. The van der Waals surface area contributed by atoms with Crippen molar-refractivity contribution in [2.24, 2.45) is 0 Å². The van der Waals surface area contributed by atoms with E-state index in [9.17, 15) is 4.79 Å². The van der Waals surface area contributed by atoms with Crippen LogP contribution in [0, 0.1) is 0 Å². The molecular formula is C8H16BrNO2. The average Bonchev–Trinajstić information content (AvgIpc) is 2.04. The van der Waals surface area contributed by atoms with E-state index in [1.54, 1.807) is 7.11 Å². The van der Waals surface area contributed by atoms with E-state index in [2.05, 4.69) is 21.2 Å². The highest BCUT2D eigenvalue weighted by Gasteiger charge is 2.03. The number of carbonyl (C=O) groups excluding carboxylic acids is 1. The van der Waals surface area contributed by atoms with Gasteiger partial charge in [-0.3, -0.25) is 4.79 Å². The number of methoxy groups -OCH3 is 1. The minimum absolute atomic E-state index is 0.104. The molecular weight excluding hydrogens is 222 g/mol. The number of alkyl halides is 1. The van der Waals surface area contributed by atoms with Crippen LogP contribution in [0.3, 0.4) is 0 Å². The van der Waals surface area contributed by atoms with Gasteiger partial charge in [0.25, 0.3) is 0 Å². The second kappa shape index (κ2) is 7.55. The fourth-order valence-electron chi connectivity index (χ4n) is 0.757. The summed E-state index contributed by atoms with van der Waals surface area (Å²) in [7, 11) is 1.67. The molecule has 0 aromatic heterocycles. The first-order valence-corrected chi connectivity index (χ1v) is 5.02. The van der Waals surface area contributed by atoms with E-state index in [0.717, 1.165) is 6.42 Å². The molecule has 12 heavy (non-hydrogen) atoms. The van der Waals surface area contributed by atoms with Crippen molar-refractivity contribution in [2.75, 3.05) is 20.3 Å². The van der Waals surface area contributed by atoms with Gasteiger partial charge >= 0.3 is 0 Å². The van der Waals surface area contributed by atoms with Gasteiger partial charge in [-0.25, -0.2) is 0 Å². The van der Waals surface area contributed by atoms with Crippen LogP contribution in [0.1, 0.15) is 19.8 Å². The van der Waals surface area contributed by atoms with Gasteiger partial charge in [-0.2, -0.15) is 0 Å². The molecule has 0 spiro atoms. The molecule has 0 saturated carbocycles. The minimum atomic E-state index is 0.104. The van der Waals surface area contributed by atoms with Gasteiger partial charge in [0.2, 0.25) is 5.91 Å². The topological polar surface area (TPSA) is 38.3 Å². The second-order valence-corrected chi connectivity index (χ2v) is 3.84.